The lowest BCUT2D eigenvalue weighted by molar-refractivity contribution is -0.118. The first-order valence-electron chi connectivity index (χ1n) is 7.95. The van der Waals surface area contributed by atoms with Crippen molar-refractivity contribution in [2.45, 2.75) is 32.6 Å². The third-order valence-electron chi connectivity index (χ3n) is 4.00. The fourth-order valence-electron chi connectivity index (χ4n) is 2.36. The number of primary amides is 1. The Bertz CT molecular complexity index is 583. The second-order valence-corrected chi connectivity index (χ2v) is 6.07. The van der Waals surface area contributed by atoms with Gasteiger partial charge in [0.25, 0.3) is 5.91 Å². The van der Waals surface area contributed by atoms with Crippen molar-refractivity contribution in [1.29, 1.82) is 0 Å². The Morgan fingerprint density at radius 3 is 2.39 bits per heavy atom. The number of benzene rings is 1. The molecule has 1 fully saturated rings. The van der Waals surface area contributed by atoms with E-state index in [1.165, 1.54) is 0 Å². The normalized spacial score (nSPS) is 19.0. The van der Waals surface area contributed by atoms with Crippen LogP contribution in [0.2, 0.25) is 0 Å². The van der Waals surface area contributed by atoms with Crippen LogP contribution in [0.3, 0.4) is 0 Å². The van der Waals surface area contributed by atoms with Crippen LogP contribution in [0.1, 0.15) is 43.0 Å². The third-order valence-corrected chi connectivity index (χ3v) is 4.00. The fourth-order valence-corrected chi connectivity index (χ4v) is 2.36. The van der Waals surface area contributed by atoms with Crippen LogP contribution in [0.4, 0.5) is 5.69 Å². The van der Waals surface area contributed by atoms with Crippen LogP contribution >= 0.6 is 0 Å². The molecule has 1 saturated carbocycles. The van der Waals surface area contributed by atoms with Crippen molar-refractivity contribution >= 4 is 23.4 Å². The average Bonchev–Trinajstić information content (AvgIpc) is 3.24. The summed E-state index contributed by atoms with van der Waals surface area (Å²) < 4.78 is 0. The lowest BCUT2D eigenvalue weighted by atomic mass is 10.1. The highest BCUT2D eigenvalue weighted by atomic mass is 16.2. The predicted molar refractivity (Wildman–Crippen MR) is 87.7 cm³/mol. The molecule has 23 heavy (non-hydrogen) atoms. The summed E-state index contributed by atoms with van der Waals surface area (Å²) in [7, 11) is 0. The number of unbranched alkanes of at least 4 members (excludes halogenated alkanes) is 1. The van der Waals surface area contributed by atoms with Crippen molar-refractivity contribution < 1.29 is 14.4 Å². The lowest BCUT2D eigenvalue weighted by Gasteiger charge is -2.07. The maximum absolute atomic E-state index is 11.9. The van der Waals surface area contributed by atoms with Crippen LogP contribution in [0, 0.1) is 11.8 Å². The maximum Gasteiger partial charge on any atom is 0.251 e. The zero-order valence-electron chi connectivity index (χ0n) is 13.3. The standard InChI is InChI=1S/C17H23N3O3/c1-11-10-14(11)17(23)20-13-7-5-12(6-8-13)16(22)19-9-3-2-4-15(18)21/h5-8,11,14H,2-4,9-10H2,1H3,(H2,18,21)(H,19,22)(H,20,23)/t11-,14+/m0/s1. The number of hydrogen-bond acceptors (Lipinski definition) is 3. The van der Waals surface area contributed by atoms with E-state index in [0.717, 1.165) is 6.42 Å². The number of anilines is 1. The highest BCUT2D eigenvalue weighted by molar-refractivity contribution is 5.96. The number of nitrogens with one attached hydrogen (secondary N) is 2. The molecule has 0 heterocycles. The Morgan fingerprint density at radius 1 is 1.17 bits per heavy atom. The monoisotopic (exact) mass is 317 g/mol. The van der Waals surface area contributed by atoms with E-state index in [4.69, 9.17) is 5.73 Å². The summed E-state index contributed by atoms with van der Waals surface area (Å²) in [5.74, 6) is 0.143. The predicted octanol–water partition coefficient (Wildman–Crippen LogP) is 1.67. The molecule has 0 aliphatic heterocycles. The topological polar surface area (TPSA) is 101 Å². The van der Waals surface area contributed by atoms with E-state index in [1.54, 1.807) is 24.3 Å². The first kappa shape index (κ1) is 17.0. The summed E-state index contributed by atoms with van der Waals surface area (Å²) >= 11 is 0. The maximum atomic E-state index is 11.9. The molecule has 4 N–H and O–H groups in total. The van der Waals surface area contributed by atoms with Gasteiger partial charge in [0.05, 0.1) is 0 Å². The zero-order chi connectivity index (χ0) is 16.8. The summed E-state index contributed by atoms with van der Waals surface area (Å²) in [6, 6.07) is 6.83. The van der Waals surface area contributed by atoms with Gasteiger partial charge in [0.15, 0.2) is 0 Å². The minimum absolute atomic E-state index is 0.0455. The Balaban J connectivity index is 1.74. The number of hydrogen-bond donors (Lipinski definition) is 3. The molecule has 0 aromatic heterocycles. The molecule has 6 nitrogen and oxygen atoms in total. The van der Waals surface area contributed by atoms with Gasteiger partial charge < -0.3 is 16.4 Å². The van der Waals surface area contributed by atoms with E-state index in [0.29, 0.717) is 43.0 Å². The van der Waals surface area contributed by atoms with Gasteiger partial charge in [-0.15, -0.1) is 0 Å². The zero-order valence-corrected chi connectivity index (χ0v) is 13.3. The van der Waals surface area contributed by atoms with Crippen molar-refractivity contribution in [1.82, 2.24) is 5.32 Å². The summed E-state index contributed by atoms with van der Waals surface area (Å²) in [6.45, 7) is 2.56. The molecule has 3 amide bonds. The highest BCUT2D eigenvalue weighted by Crippen LogP contribution is 2.38. The molecule has 0 saturated heterocycles. The fraction of sp³-hybridized carbons (Fsp3) is 0.471. The van der Waals surface area contributed by atoms with E-state index >= 15 is 0 Å². The number of carbonyl (C=O) groups excluding carboxylic acids is 3. The Kier molecular flexibility index (Phi) is 5.73. The molecule has 1 aliphatic rings. The molecule has 2 rings (SSSR count). The van der Waals surface area contributed by atoms with Gasteiger partial charge in [0, 0.05) is 30.1 Å². The van der Waals surface area contributed by atoms with Crippen molar-refractivity contribution in [2.24, 2.45) is 17.6 Å². The molecule has 0 unspecified atom stereocenters. The first-order valence-corrected chi connectivity index (χ1v) is 7.95. The highest BCUT2D eigenvalue weighted by Gasteiger charge is 2.38. The molecule has 0 radical (unpaired) electrons. The summed E-state index contributed by atoms with van der Waals surface area (Å²) in [5, 5.41) is 5.65. The van der Waals surface area contributed by atoms with Gasteiger partial charge >= 0.3 is 0 Å². The average molecular weight is 317 g/mol. The quantitative estimate of drug-likeness (QED) is 0.636. The number of nitrogens with two attached hydrogens (primary N) is 1. The first-order chi connectivity index (χ1) is 11.0. The van der Waals surface area contributed by atoms with E-state index in [2.05, 4.69) is 17.6 Å². The van der Waals surface area contributed by atoms with Gasteiger partial charge in [-0.2, -0.15) is 0 Å². The molecule has 1 aliphatic carbocycles. The number of rotatable bonds is 8. The molecule has 6 heteroatoms. The molecule has 0 spiro atoms. The summed E-state index contributed by atoms with van der Waals surface area (Å²) in [5.41, 5.74) is 6.29. The minimum atomic E-state index is -0.324. The molecule has 124 valence electrons. The van der Waals surface area contributed by atoms with Gasteiger partial charge in [0.1, 0.15) is 0 Å². The smallest absolute Gasteiger partial charge is 0.251 e. The van der Waals surface area contributed by atoms with Crippen LogP contribution in [0.25, 0.3) is 0 Å². The second kappa shape index (κ2) is 7.76. The molecular formula is C17H23N3O3. The molecule has 1 aromatic rings. The largest absolute Gasteiger partial charge is 0.370 e. The van der Waals surface area contributed by atoms with Crippen molar-refractivity contribution in [2.75, 3.05) is 11.9 Å². The Labute approximate surface area is 135 Å². The van der Waals surface area contributed by atoms with Crippen LogP contribution in [0.5, 0.6) is 0 Å². The van der Waals surface area contributed by atoms with E-state index in [1.807, 2.05) is 0 Å². The SMILES string of the molecule is C[C@H]1C[C@H]1C(=O)Nc1ccc(C(=O)NCCCCC(N)=O)cc1. The Hall–Kier alpha value is -2.37. The van der Waals surface area contributed by atoms with Gasteiger partial charge in [-0.3, -0.25) is 14.4 Å². The van der Waals surface area contributed by atoms with E-state index < -0.39 is 0 Å². The molecule has 0 bridgehead atoms. The van der Waals surface area contributed by atoms with Gasteiger partial charge in [0.2, 0.25) is 11.8 Å². The number of amides is 3. The lowest BCUT2D eigenvalue weighted by Crippen LogP contribution is -2.24. The van der Waals surface area contributed by atoms with Crippen molar-refractivity contribution in [3.8, 4) is 0 Å². The number of carbonyl (C=O) groups is 3. The van der Waals surface area contributed by atoms with Gasteiger partial charge in [-0.05, 0) is 49.4 Å². The van der Waals surface area contributed by atoms with Gasteiger partial charge in [-0.1, -0.05) is 6.92 Å². The van der Waals surface area contributed by atoms with Gasteiger partial charge in [-0.25, -0.2) is 0 Å². The third kappa shape index (κ3) is 5.39. The van der Waals surface area contributed by atoms with Crippen molar-refractivity contribution in [3.05, 3.63) is 29.8 Å². The van der Waals surface area contributed by atoms with Crippen LogP contribution in [-0.4, -0.2) is 24.3 Å². The molecule has 2 atom stereocenters. The summed E-state index contributed by atoms with van der Waals surface area (Å²) in [4.78, 5) is 34.4. The van der Waals surface area contributed by atoms with Crippen LogP contribution < -0.4 is 16.4 Å². The van der Waals surface area contributed by atoms with E-state index in [9.17, 15) is 14.4 Å². The molecule has 1 aromatic carbocycles. The molecular weight excluding hydrogens is 294 g/mol. The van der Waals surface area contributed by atoms with Crippen molar-refractivity contribution in [3.63, 3.8) is 0 Å². The minimum Gasteiger partial charge on any atom is -0.370 e. The summed E-state index contributed by atoms with van der Waals surface area (Å²) in [6.07, 6.45) is 2.66. The van der Waals surface area contributed by atoms with Crippen LogP contribution in [0.15, 0.2) is 24.3 Å². The second-order valence-electron chi connectivity index (χ2n) is 6.07. The Morgan fingerprint density at radius 2 is 1.83 bits per heavy atom. The van der Waals surface area contributed by atoms with Crippen LogP contribution in [-0.2, 0) is 9.59 Å². The van der Waals surface area contributed by atoms with E-state index in [-0.39, 0.29) is 23.6 Å².